The first-order valence-corrected chi connectivity index (χ1v) is 5.44. The van der Waals surface area contributed by atoms with Crippen LogP contribution in [-0.2, 0) is 4.74 Å². The standard InChI is InChI=1S/C12H12O8/c13-4-6(14)5-20-12(19)8-3-1-2-7(10(15)16)9(8)11(17)18/h1-3,6,13-14H,4-5H2,(H,15,16)(H,17,18). The second-order valence-electron chi connectivity index (χ2n) is 3.77. The number of carbonyl (C=O) groups is 3. The highest BCUT2D eigenvalue weighted by Crippen LogP contribution is 2.16. The largest absolute Gasteiger partial charge is 0.478 e. The Morgan fingerprint density at radius 2 is 1.70 bits per heavy atom. The summed E-state index contributed by atoms with van der Waals surface area (Å²) in [6, 6.07) is 3.35. The molecule has 8 nitrogen and oxygen atoms in total. The van der Waals surface area contributed by atoms with Crippen molar-refractivity contribution in [3.63, 3.8) is 0 Å². The number of hydrogen-bond donors (Lipinski definition) is 4. The van der Waals surface area contributed by atoms with Gasteiger partial charge >= 0.3 is 17.9 Å². The second kappa shape index (κ2) is 6.64. The van der Waals surface area contributed by atoms with Crippen molar-refractivity contribution in [2.75, 3.05) is 13.2 Å². The van der Waals surface area contributed by atoms with Crippen molar-refractivity contribution in [3.05, 3.63) is 34.9 Å². The minimum Gasteiger partial charge on any atom is -0.478 e. The molecule has 0 aromatic heterocycles. The van der Waals surface area contributed by atoms with Gasteiger partial charge in [0.2, 0.25) is 0 Å². The number of benzene rings is 1. The maximum Gasteiger partial charge on any atom is 0.339 e. The molecule has 0 saturated carbocycles. The highest BCUT2D eigenvalue weighted by Gasteiger charge is 2.24. The highest BCUT2D eigenvalue weighted by molar-refractivity contribution is 6.09. The van der Waals surface area contributed by atoms with E-state index in [9.17, 15) is 14.4 Å². The number of aromatic carboxylic acids is 2. The molecule has 1 unspecified atom stereocenters. The Balaban J connectivity index is 3.11. The Bertz CT molecular complexity index is 536. The van der Waals surface area contributed by atoms with Crippen LogP contribution in [0.25, 0.3) is 0 Å². The average Bonchev–Trinajstić information content (AvgIpc) is 2.43. The molecule has 0 saturated heterocycles. The minimum absolute atomic E-state index is 0.442. The molecule has 0 amide bonds. The number of aliphatic hydroxyl groups is 2. The molecule has 0 aliphatic rings. The van der Waals surface area contributed by atoms with Crippen LogP contribution in [0.5, 0.6) is 0 Å². The van der Waals surface area contributed by atoms with Crippen LogP contribution in [0.1, 0.15) is 31.1 Å². The lowest BCUT2D eigenvalue weighted by Crippen LogP contribution is -2.23. The predicted molar refractivity (Wildman–Crippen MR) is 63.7 cm³/mol. The molecule has 1 aromatic carbocycles. The van der Waals surface area contributed by atoms with Gasteiger partial charge in [0.05, 0.1) is 23.3 Å². The number of aliphatic hydroxyl groups excluding tert-OH is 2. The van der Waals surface area contributed by atoms with E-state index in [0.717, 1.165) is 12.1 Å². The smallest absolute Gasteiger partial charge is 0.339 e. The maximum absolute atomic E-state index is 11.7. The number of esters is 1. The van der Waals surface area contributed by atoms with E-state index < -0.39 is 53.9 Å². The van der Waals surface area contributed by atoms with Gasteiger partial charge in [-0.1, -0.05) is 6.07 Å². The lowest BCUT2D eigenvalue weighted by Gasteiger charge is -2.11. The number of carboxylic acid groups (broad SMARTS) is 2. The van der Waals surface area contributed by atoms with Crippen molar-refractivity contribution in [3.8, 4) is 0 Å². The minimum atomic E-state index is -1.59. The summed E-state index contributed by atoms with van der Waals surface area (Å²) in [5, 5.41) is 35.5. The van der Waals surface area contributed by atoms with E-state index in [2.05, 4.69) is 4.74 Å². The van der Waals surface area contributed by atoms with Crippen molar-refractivity contribution in [2.24, 2.45) is 0 Å². The van der Waals surface area contributed by atoms with E-state index in [-0.39, 0.29) is 0 Å². The van der Waals surface area contributed by atoms with E-state index in [0.29, 0.717) is 0 Å². The molecule has 0 fully saturated rings. The molecule has 0 spiro atoms. The van der Waals surface area contributed by atoms with Gasteiger partial charge in [-0.25, -0.2) is 14.4 Å². The van der Waals surface area contributed by atoms with Crippen LogP contribution in [-0.4, -0.2) is 57.7 Å². The van der Waals surface area contributed by atoms with Crippen molar-refractivity contribution < 1.29 is 39.5 Å². The Labute approximate surface area is 112 Å². The summed E-state index contributed by atoms with van der Waals surface area (Å²) in [6.45, 7) is -1.17. The molecule has 4 N–H and O–H groups in total. The summed E-state index contributed by atoms with van der Waals surface area (Å²) in [6.07, 6.45) is -1.30. The Hall–Kier alpha value is -2.45. The third kappa shape index (κ3) is 3.53. The molecular formula is C12H12O8. The number of rotatable bonds is 6. The monoisotopic (exact) mass is 284 g/mol. The van der Waals surface area contributed by atoms with Crippen molar-refractivity contribution in [2.45, 2.75) is 6.10 Å². The molecule has 0 heterocycles. The molecule has 8 heteroatoms. The quantitative estimate of drug-likeness (QED) is 0.517. The zero-order valence-corrected chi connectivity index (χ0v) is 10.1. The topological polar surface area (TPSA) is 141 Å². The fourth-order valence-corrected chi connectivity index (χ4v) is 1.43. The van der Waals surface area contributed by atoms with Gasteiger partial charge in [0, 0.05) is 0 Å². The Morgan fingerprint density at radius 3 is 2.20 bits per heavy atom. The van der Waals surface area contributed by atoms with E-state index >= 15 is 0 Å². The molecule has 0 aliphatic carbocycles. The van der Waals surface area contributed by atoms with Gasteiger partial charge in [0.25, 0.3) is 0 Å². The molecule has 0 bridgehead atoms. The van der Waals surface area contributed by atoms with Gasteiger partial charge in [-0.2, -0.15) is 0 Å². The first-order chi connectivity index (χ1) is 9.38. The van der Waals surface area contributed by atoms with Crippen LogP contribution in [0.4, 0.5) is 0 Å². The summed E-state index contributed by atoms with van der Waals surface area (Å²) in [5.74, 6) is -4.18. The fourth-order valence-electron chi connectivity index (χ4n) is 1.43. The third-order valence-electron chi connectivity index (χ3n) is 2.35. The predicted octanol–water partition coefficient (Wildman–Crippen LogP) is -0.407. The summed E-state index contributed by atoms with van der Waals surface area (Å²) in [4.78, 5) is 33.7. The van der Waals surface area contributed by atoms with Gasteiger partial charge in [-0.15, -0.1) is 0 Å². The maximum atomic E-state index is 11.7. The van der Waals surface area contributed by atoms with Crippen LogP contribution in [0.15, 0.2) is 18.2 Å². The third-order valence-corrected chi connectivity index (χ3v) is 2.35. The molecule has 1 aromatic rings. The number of ether oxygens (including phenoxy) is 1. The average molecular weight is 284 g/mol. The zero-order chi connectivity index (χ0) is 15.3. The van der Waals surface area contributed by atoms with Crippen LogP contribution in [0.3, 0.4) is 0 Å². The summed E-state index contributed by atoms with van der Waals surface area (Å²) < 4.78 is 4.60. The fraction of sp³-hybridized carbons (Fsp3) is 0.250. The SMILES string of the molecule is O=C(O)c1cccc(C(=O)OCC(O)CO)c1C(=O)O. The van der Waals surface area contributed by atoms with Gasteiger partial charge in [0.1, 0.15) is 12.7 Å². The van der Waals surface area contributed by atoms with E-state index in [1.807, 2.05) is 0 Å². The summed E-state index contributed by atoms with van der Waals surface area (Å²) in [5.41, 5.74) is -1.68. The first-order valence-electron chi connectivity index (χ1n) is 5.44. The lowest BCUT2D eigenvalue weighted by atomic mass is 10.0. The van der Waals surface area contributed by atoms with Crippen molar-refractivity contribution in [1.82, 2.24) is 0 Å². The second-order valence-corrected chi connectivity index (χ2v) is 3.77. The molecule has 1 rings (SSSR count). The normalized spacial score (nSPS) is 11.7. The lowest BCUT2D eigenvalue weighted by molar-refractivity contribution is 0.00911. The van der Waals surface area contributed by atoms with Gasteiger partial charge in [0.15, 0.2) is 0 Å². The number of hydrogen-bond acceptors (Lipinski definition) is 6. The summed E-state index contributed by atoms with van der Waals surface area (Å²) >= 11 is 0. The Kier molecular flexibility index (Phi) is 5.18. The molecule has 108 valence electrons. The van der Waals surface area contributed by atoms with Crippen molar-refractivity contribution >= 4 is 17.9 Å². The highest BCUT2D eigenvalue weighted by atomic mass is 16.5. The van der Waals surface area contributed by atoms with Gasteiger partial charge in [-0.3, -0.25) is 0 Å². The molecule has 1 atom stereocenters. The van der Waals surface area contributed by atoms with Gasteiger partial charge in [-0.05, 0) is 12.1 Å². The van der Waals surface area contributed by atoms with Gasteiger partial charge < -0.3 is 25.2 Å². The molecular weight excluding hydrogens is 272 g/mol. The molecule has 0 aliphatic heterocycles. The Morgan fingerprint density at radius 1 is 1.10 bits per heavy atom. The van der Waals surface area contributed by atoms with E-state index in [1.165, 1.54) is 6.07 Å². The van der Waals surface area contributed by atoms with Crippen LogP contribution >= 0.6 is 0 Å². The van der Waals surface area contributed by atoms with E-state index in [4.69, 9.17) is 20.4 Å². The first kappa shape index (κ1) is 15.6. The molecule has 0 radical (unpaired) electrons. The van der Waals surface area contributed by atoms with Crippen LogP contribution in [0, 0.1) is 0 Å². The summed E-state index contributed by atoms with van der Waals surface area (Å²) in [7, 11) is 0. The van der Waals surface area contributed by atoms with Crippen LogP contribution < -0.4 is 0 Å². The van der Waals surface area contributed by atoms with Crippen LogP contribution in [0.2, 0.25) is 0 Å². The zero-order valence-electron chi connectivity index (χ0n) is 10.1. The molecule has 20 heavy (non-hydrogen) atoms. The number of carbonyl (C=O) groups excluding carboxylic acids is 1. The van der Waals surface area contributed by atoms with Crippen molar-refractivity contribution in [1.29, 1.82) is 0 Å². The number of carboxylic acids is 2. The van der Waals surface area contributed by atoms with E-state index in [1.54, 1.807) is 0 Å².